The highest BCUT2D eigenvalue weighted by molar-refractivity contribution is 6.20. The van der Waals surface area contributed by atoms with Crippen LogP contribution in [0.5, 0.6) is 0 Å². The van der Waals surface area contributed by atoms with Gasteiger partial charge < -0.3 is 18.7 Å². The lowest BCUT2D eigenvalue weighted by Gasteiger charge is -2.55. The van der Waals surface area contributed by atoms with Gasteiger partial charge in [-0.2, -0.15) is 0 Å². The monoisotopic (exact) mass is 468 g/mol. The summed E-state index contributed by atoms with van der Waals surface area (Å²) in [6, 6.07) is -0.0163. The average molecular weight is 468 g/mol. The van der Waals surface area contributed by atoms with Crippen LogP contribution in [0, 0.1) is 11.2 Å². The second-order valence-electron chi connectivity index (χ2n) is 9.13. The van der Waals surface area contributed by atoms with Gasteiger partial charge in [0.25, 0.3) is 0 Å². The number of barbiturate groups is 1. The smallest absolute Gasteiger partial charge is 0.328 e. The van der Waals surface area contributed by atoms with Gasteiger partial charge in [-0.3, -0.25) is 20.2 Å². The number of ether oxygens (including phenoxy) is 1. The molecule has 2 N–H and O–H groups in total. The minimum atomic E-state index is -1.69. The zero-order valence-corrected chi connectivity index (χ0v) is 18.6. The molecule has 2 aromatic heterocycles. The first-order valence-corrected chi connectivity index (χ1v) is 10.9. The third kappa shape index (κ3) is 2.56. The fraction of sp³-hybridized carbons (Fsp3) is 0.409. The summed E-state index contributed by atoms with van der Waals surface area (Å²) in [5, 5.41) is 8.94. The molecule has 4 amide bonds. The van der Waals surface area contributed by atoms with Gasteiger partial charge in [0, 0.05) is 20.0 Å². The molecular formula is C22H21FN6O5. The molecule has 0 radical (unpaired) electrons. The highest BCUT2D eigenvalue weighted by Gasteiger charge is 2.63. The number of rotatable bonds is 1. The van der Waals surface area contributed by atoms with E-state index >= 15 is 4.39 Å². The summed E-state index contributed by atoms with van der Waals surface area (Å²) in [6.45, 7) is 3.81. The molecule has 2 fully saturated rings. The molecular weight excluding hydrogens is 447 g/mol. The number of imidazole rings is 1. The Morgan fingerprint density at radius 3 is 2.62 bits per heavy atom. The molecule has 0 saturated carbocycles. The summed E-state index contributed by atoms with van der Waals surface area (Å²) < 4.78 is 29.2. The van der Waals surface area contributed by atoms with E-state index in [0.717, 1.165) is 0 Å². The molecule has 0 bridgehead atoms. The van der Waals surface area contributed by atoms with Gasteiger partial charge in [-0.05, 0) is 25.5 Å². The van der Waals surface area contributed by atoms with Gasteiger partial charge >= 0.3 is 6.03 Å². The van der Waals surface area contributed by atoms with Crippen molar-refractivity contribution in [1.29, 1.82) is 0 Å². The van der Waals surface area contributed by atoms with Crippen LogP contribution < -0.4 is 15.5 Å². The van der Waals surface area contributed by atoms with Crippen LogP contribution in [-0.4, -0.2) is 57.3 Å². The van der Waals surface area contributed by atoms with Gasteiger partial charge in [-0.15, -0.1) is 0 Å². The third-order valence-corrected chi connectivity index (χ3v) is 7.02. The van der Waals surface area contributed by atoms with Gasteiger partial charge in [0.2, 0.25) is 17.4 Å². The van der Waals surface area contributed by atoms with E-state index in [1.165, 1.54) is 0 Å². The van der Waals surface area contributed by atoms with Crippen LogP contribution in [0.15, 0.2) is 23.1 Å². The number of hydrogen-bond acceptors (Lipinski definition) is 8. The van der Waals surface area contributed by atoms with Crippen LogP contribution in [0.1, 0.15) is 19.4 Å². The summed E-state index contributed by atoms with van der Waals surface area (Å²) in [7, 11) is 1.78. The molecule has 0 unspecified atom stereocenters. The SMILES string of the molecule is C[C@H]1CN2c3c(cc4c(-c5cncn5C)noc4c3F)CC3(C(=O)NC(=O)NC3=O)[C@@H]2[C@@H](C)O1. The van der Waals surface area contributed by atoms with E-state index in [-0.39, 0.29) is 30.3 Å². The van der Waals surface area contributed by atoms with Crippen molar-refractivity contribution in [2.24, 2.45) is 12.5 Å². The summed E-state index contributed by atoms with van der Waals surface area (Å²) in [5.74, 6) is -2.09. The molecule has 176 valence electrons. The topological polar surface area (TPSA) is 132 Å². The molecule has 3 aliphatic heterocycles. The van der Waals surface area contributed by atoms with Gasteiger partial charge in [0.05, 0.1) is 47.5 Å². The van der Waals surface area contributed by atoms with Crippen molar-refractivity contribution < 1.29 is 28.0 Å². The number of fused-ring (bicyclic) bond motifs is 5. The number of nitrogens with one attached hydrogen (secondary N) is 2. The Labute approximate surface area is 192 Å². The molecule has 12 heteroatoms. The number of aromatic nitrogens is 3. The number of anilines is 1. The molecule has 0 aliphatic carbocycles. The van der Waals surface area contributed by atoms with Crippen LogP contribution in [0.4, 0.5) is 14.9 Å². The Kier molecular flexibility index (Phi) is 4.19. The van der Waals surface area contributed by atoms with Crippen molar-refractivity contribution in [2.75, 3.05) is 11.4 Å². The lowest BCUT2D eigenvalue weighted by Crippen LogP contribution is -2.75. The van der Waals surface area contributed by atoms with E-state index in [0.29, 0.717) is 22.3 Å². The number of imide groups is 2. The number of hydrogen-bond donors (Lipinski definition) is 2. The first-order valence-electron chi connectivity index (χ1n) is 10.9. The first-order chi connectivity index (χ1) is 16.2. The summed E-state index contributed by atoms with van der Waals surface area (Å²) in [5.41, 5.74) is -0.0174. The highest BCUT2D eigenvalue weighted by atomic mass is 19.1. The molecule has 2 saturated heterocycles. The van der Waals surface area contributed by atoms with E-state index in [1.54, 1.807) is 42.0 Å². The number of urea groups is 1. The predicted molar refractivity (Wildman–Crippen MR) is 115 cm³/mol. The largest absolute Gasteiger partial charge is 0.372 e. The van der Waals surface area contributed by atoms with E-state index in [1.807, 2.05) is 6.92 Å². The maximum atomic E-state index is 16.0. The minimum absolute atomic E-state index is 0.0239. The van der Waals surface area contributed by atoms with Gasteiger partial charge in [-0.1, -0.05) is 5.16 Å². The van der Waals surface area contributed by atoms with Crippen LogP contribution in [0.3, 0.4) is 0 Å². The van der Waals surface area contributed by atoms with Gasteiger partial charge in [-0.25, -0.2) is 14.2 Å². The second-order valence-corrected chi connectivity index (χ2v) is 9.13. The Hall–Kier alpha value is -3.80. The van der Waals surface area contributed by atoms with E-state index in [9.17, 15) is 14.4 Å². The number of aryl methyl sites for hydroxylation is 1. The molecule has 11 nitrogen and oxygen atoms in total. The minimum Gasteiger partial charge on any atom is -0.372 e. The normalized spacial score (nSPS) is 25.8. The number of carbonyl (C=O) groups is 3. The van der Waals surface area contributed by atoms with Crippen molar-refractivity contribution in [3.05, 3.63) is 30.0 Å². The molecule has 1 spiro atoms. The molecule has 1 aromatic carbocycles. The molecule has 3 aromatic rings. The number of halogens is 1. The second kappa shape index (κ2) is 6.86. The van der Waals surface area contributed by atoms with E-state index in [4.69, 9.17) is 9.26 Å². The quantitative estimate of drug-likeness (QED) is 0.511. The number of nitrogens with zero attached hydrogens (tertiary/aromatic N) is 4. The first kappa shape index (κ1) is 20.8. The number of carbonyl (C=O) groups excluding carboxylic acids is 3. The fourth-order valence-electron chi connectivity index (χ4n) is 5.72. The Balaban J connectivity index is 1.61. The zero-order chi connectivity index (χ0) is 23.9. The Morgan fingerprint density at radius 1 is 1.21 bits per heavy atom. The van der Waals surface area contributed by atoms with E-state index < -0.39 is 41.2 Å². The fourth-order valence-corrected chi connectivity index (χ4v) is 5.72. The molecule has 3 atom stereocenters. The summed E-state index contributed by atoms with van der Waals surface area (Å²) in [6.07, 6.45) is 2.16. The average Bonchev–Trinajstić information content (AvgIpc) is 3.37. The molecule has 34 heavy (non-hydrogen) atoms. The van der Waals surface area contributed by atoms with Crippen molar-refractivity contribution in [1.82, 2.24) is 25.3 Å². The van der Waals surface area contributed by atoms with Crippen LogP contribution >= 0.6 is 0 Å². The van der Waals surface area contributed by atoms with Crippen molar-refractivity contribution in [2.45, 2.75) is 38.5 Å². The third-order valence-electron chi connectivity index (χ3n) is 7.02. The molecule has 6 rings (SSSR count). The van der Waals surface area contributed by atoms with Gasteiger partial charge in [0.1, 0.15) is 5.69 Å². The Morgan fingerprint density at radius 2 is 1.94 bits per heavy atom. The standard InChI is InChI=1S/C22H21FN6O5/c1-9-7-29-16-11(4-12-15(13-6-24-8-28(13)3)27-34-17(12)14(16)23)5-22(18(29)10(2)33-9)19(30)25-21(32)26-20(22)31/h4,6,8-10,18H,5,7H2,1-3H3,(H2,25,26,30,31,32)/t9-,10+,18-/m0/s1. The Bertz CT molecular complexity index is 1380. The van der Waals surface area contributed by atoms with Gasteiger partial charge in [0.15, 0.2) is 11.2 Å². The number of benzene rings is 1. The van der Waals surface area contributed by atoms with Crippen molar-refractivity contribution in [3.63, 3.8) is 0 Å². The maximum Gasteiger partial charge on any atom is 0.328 e. The van der Waals surface area contributed by atoms with E-state index in [2.05, 4.69) is 20.8 Å². The maximum absolute atomic E-state index is 16.0. The molecule has 3 aliphatic rings. The van der Waals surface area contributed by atoms with Crippen LogP contribution in [0.2, 0.25) is 0 Å². The lowest BCUT2D eigenvalue weighted by molar-refractivity contribution is -0.153. The van der Waals surface area contributed by atoms with Crippen LogP contribution in [0.25, 0.3) is 22.4 Å². The summed E-state index contributed by atoms with van der Waals surface area (Å²) >= 11 is 0. The number of morpholine rings is 1. The zero-order valence-electron chi connectivity index (χ0n) is 18.6. The van der Waals surface area contributed by atoms with Crippen molar-refractivity contribution >= 4 is 34.5 Å². The highest BCUT2D eigenvalue weighted by Crippen LogP contribution is 2.49. The molecule has 5 heterocycles. The van der Waals surface area contributed by atoms with Crippen LogP contribution in [-0.2, 0) is 27.8 Å². The number of amides is 4. The predicted octanol–water partition coefficient (Wildman–Crippen LogP) is 1.26. The lowest BCUT2D eigenvalue weighted by atomic mass is 9.66. The van der Waals surface area contributed by atoms with Crippen molar-refractivity contribution in [3.8, 4) is 11.4 Å². The summed E-state index contributed by atoms with van der Waals surface area (Å²) in [4.78, 5) is 44.2.